The summed E-state index contributed by atoms with van der Waals surface area (Å²) >= 11 is 0. The lowest BCUT2D eigenvalue weighted by Crippen LogP contribution is -2.44. The predicted molar refractivity (Wildman–Crippen MR) is 86.0 cm³/mol. The van der Waals surface area contributed by atoms with Crippen molar-refractivity contribution in [2.45, 2.75) is 24.5 Å². The first-order valence-corrected chi connectivity index (χ1v) is 7.30. The van der Waals surface area contributed by atoms with Gasteiger partial charge in [0, 0.05) is 18.3 Å². The van der Waals surface area contributed by atoms with Gasteiger partial charge in [-0.3, -0.25) is 9.78 Å². The van der Waals surface area contributed by atoms with Gasteiger partial charge in [0.25, 0.3) is 5.91 Å². The summed E-state index contributed by atoms with van der Waals surface area (Å²) in [6.45, 7) is 0. The van der Waals surface area contributed by atoms with Gasteiger partial charge in [0.1, 0.15) is 5.52 Å². The number of aliphatic hydroxyl groups is 1. The van der Waals surface area contributed by atoms with Crippen LogP contribution in [0.4, 0.5) is 5.69 Å². The Balaban J connectivity index is 1.92. The van der Waals surface area contributed by atoms with Crippen LogP contribution in [-0.2, 0) is 4.79 Å². The van der Waals surface area contributed by atoms with Crippen LogP contribution in [-0.4, -0.2) is 39.7 Å². The number of carbonyl (C=O) groups excluding carboxylic acids is 1. The fourth-order valence-electron chi connectivity index (χ4n) is 2.49. The second-order valence-corrected chi connectivity index (χ2v) is 5.52. The smallest absolute Gasteiger partial charge is 0.260 e. The Morgan fingerprint density at radius 3 is 3.00 bits per heavy atom. The predicted octanol–water partition coefficient (Wildman–Crippen LogP) is 0.985. The summed E-state index contributed by atoms with van der Waals surface area (Å²) < 4.78 is 5.10. The number of hydrogen-bond acceptors (Lipinski definition) is 6. The van der Waals surface area contributed by atoms with E-state index in [1.807, 2.05) is 0 Å². The Kier molecular flexibility index (Phi) is 3.97. The first-order chi connectivity index (χ1) is 11.0. The molecule has 3 rings (SSSR count). The monoisotopic (exact) mass is 314 g/mol. The molecule has 2 aromatic heterocycles. The first kappa shape index (κ1) is 15.4. The number of nitrogens with one attached hydrogen (secondary N) is 1. The molecular formula is C16H18N4O3. The number of fused-ring (bicyclic) bond motifs is 1. The Labute approximate surface area is 133 Å². The van der Waals surface area contributed by atoms with Crippen LogP contribution >= 0.6 is 0 Å². The number of rotatable bonds is 3. The highest BCUT2D eigenvalue weighted by molar-refractivity contribution is 6.03. The van der Waals surface area contributed by atoms with Crippen molar-refractivity contribution in [3.63, 3.8) is 0 Å². The number of amides is 1. The summed E-state index contributed by atoms with van der Waals surface area (Å²) in [5.41, 5.74) is 5.78. The molecule has 2 heterocycles. The standard InChI is InChI=1S/C16H18N4O3/c1-23-13-3-2-11-14(20-13)12(6-9-18-11)19-15(21)16(22)7-4-10(17)5-8-16/h2-4,6-7,9-10,22H,5,8,17H2,1H3,(H,18,19,21)/t10-,16-/m0/s1. The van der Waals surface area contributed by atoms with Gasteiger partial charge in [-0.2, -0.15) is 0 Å². The van der Waals surface area contributed by atoms with E-state index >= 15 is 0 Å². The molecule has 23 heavy (non-hydrogen) atoms. The summed E-state index contributed by atoms with van der Waals surface area (Å²) in [6.07, 6.45) is 5.49. The number of aromatic nitrogens is 2. The average Bonchev–Trinajstić information content (AvgIpc) is 2.57. The van der Waals surface area contributed by atoms with E-state index in [0.29, 0.717) is 29.0 Å². The summed E-state index contributed by atoms with van der Waals surface area (Å²) in [4.78, 5) is 21.0. The van der Waals surface area contributed by atoms with Crippen molar-refractivity contribution < 1.29 is 14.6 Å². The molecular weight excluding hydrogens is 296 g/mol. The number of nitrogens with zero attached hydrogens (tertiary/aromatic N) is 2. The number of nitrogens with two attached hydrogens (primary N) is 1. The summed E-state index contributed by atoms with van der Waals surface area (Å²) in [5, 5.41) is 13.2. The van der Waals surface area contributed by atoms with E-state index < -0.39 is 11.5 Å². The van der Waals surface area contributed by atoms with Crippen LogP contribution < -0.4 is 15.8 Å². The molecule has 0 aliphatic heterocycles. The topological polar surface area (TPSA) is 110 Å². The quantitative estimate of drug-likeness (QED) is 0.729. The third kappa shape index (κ3) is 3.01. The molecule has 0 unspecified atom stereocenters. The van der Waals surface area contributed by atoms with Gasteiger partial charge in [0.2, 0.25) is 5.88 Å². The molecule has 0 fully saturated rings. The maximum atomic E-state index is 12.5. The van der Waals surface area contributed by atoms with E-state index in [-0.39, 0.29) is 12.5 Å². The third-order valence-electron chi connectivity index (χ3n) is 3.89. The Hall–Kier alpha value is -2.51. The minimum absolute atomic E-state index is 0.129. The molecule has 120 valence electrons. The fourth-order valence-corrected chi connectivity index (χ4v) is 2.49. The normalized spacial score (nSPS) is 23.7. The summed E-state index contributed by atoms with van der Waals surface area (Å²) in [6, 6.07) is 4.95. The van der Waals surface area contributed by atoms with E-state index in [9.17, 15) is 9.90 Å². The molecule has 1 amide bonds. The molecule has 0 spiro atoms. The molecule has 7 heteroatoms. The molecule has 0 aromatic carbocycles. The van der Waals surface area contributed by atoms with Gasteiger partial charge in [0.15, 0.2) is 5.60 Å². The lowest BCUT2D eigenvalue weighted by Gasteiger charge is -2.28. The second-order valence-electron chi connectivity index (χ2n) is 5.52. The lowest BCUT2D eigenvalue weighted by molar-refractivity contribution is -0.130. The van der Waals surface area contributed by atoms with Crippen molar-refractivity contribution >= 4 is 22.6 Å². The molecule has 0 saturated heterocycles. The van der Waals surface area contributed by atoms with E-state index in [0.717, 1.165) is 0 Å². The average molecular weight is 314 g/mol. The minimum Gasteiger partial charge on any atom is -0.481 e. The lowest BCUT2D eigenvalue weighted by atomic mass is 9.88. The summed E-state index contributed by atoms with van der Waals surface area (Å²) in [5.74, 6) is -0.0963. The molecule has 7 nitrogen and oxygen atoms in total. The van der Waals surface area contributed by atoms with Gasteiger partial charge in [-0.05, 0) is 31.1 Å². The highest BCUT2D eigenvalue weighted by atomic mass is 16.5. The van der Waals surface area contributed by atoms with Crippen molar-refractivity contribution in [2.24, 2.45) is 5.73 Å². The zero-order valence-corrected chi connectivity index (χ0v) is 12.7. The van der Waals surface area contributed by atoms with Crippen molar-refractivity contribution in [1.82, 2.24) is 9.97 Å². The number of ether oxygens (including phenoxy) is 1. The minimum atomic E-state index is -1.57. The SMILES string of the molecule is COc1ccc2nccc(NC(=O)[C@]3(O)C=C[C@H](N)CC3)c2n1. The zero-order chi connectivity index (χ0) is 16.4. The maximum absolute atomic E-state index is 12.5. The van der Waals surface area contributed by atoms with Gasteiger partial charge in [0.05, 0.1) is 18.3 Å². The number of anilines is 1. The number of methoxy groups -OCH3 is 1. The largest absolute Gasteiger partial charge is 0.481 e. The van der Waals surface area contributed by atoms with Crippen LogP contribution in [0.5, 0.6) is 5.88 Å². The Morgan fingerprint density at radius 2 is 2.30 bits per heavy atom. The number of hydrogen-bond donors (Lipinski definition) is 3. The van der Waals surface area contributed by atoms with Crippen LogP contribution in [0.2, 0.25) is 0 Å². The second kappa shape index (κ2) is 5.94. The fraction of sp³-hybridized carbons (Fsp3) is 0.312. The van der Waals surface area contributed by atoms with Crippen molar-refractivity contribution in [3.05, 3.63) is 36.5 Å². The molecule has 1 aliphatic carbocycles. The number of pyridine rings is 2. The molecule has 2 aromatic rings. The van der Waals surface area contributed by atoms with Crippen LogP contribution in [0, 0.1) is 0 Å². The Morgan fingerprint density at radius 1 is 1.48 bits per heavy atom. The van der Waals surface area contributed by atoms with Gasteiger partial charge >= 0.3 is 0 Å². The van der Waals surface area contributed by atoms with Gasteiger partial charge in [-0.15, -0.1) is 0 Å². The number of carbonyl (C=O) groups is 1. The van der Waals surface area contributed by atoms with E-state index in [4.69, 9.17) is 10.5 Å². The van der Waals surface area contributed by atoms with Crippen LogP contribution in [0.15, 0.2) is 36.5 Å². The van der Waals surface area contributed by atoms with Crippen molar-refractivity contribution in [2.75, 3.05) is 12.4 Å². The molecule has 4 N–H and O–H groups in total. The van der Waals surface area contributed by atoms with Crippen LogP contribution in [0.3, 0.4) is 0 Å². The van der Waals surface area contributed by atoms with Gasteiger partial charge < -0.3 is 20.9 Å². The van der Waals surface area contributed by atoms with E-state index in [1.165, 1.54) is 13.2 Å². The van der Waals surface area contributed by atoms with Crippen molar-refractivity contribution in [3.8, 4) is 5.88 Å². The zero-order valence-electron chi connectivity index (χ0n) is 12.7. The van der Waals surface area contributed by atoms with Gasteiger partial charge in [-0.25, -0.2) is 4.98 Å². The van der Waals surface area contributed by atoms with Gasteiger partial charge in [-0.1, -0.05) is 6.08 Å². The molecule has 0 bridgehead atoms. The molecule has 2 atom stereocenters. The highest BCUT2D eigenvalue weighted by Gasteiger charge is 2.35. The van der Waals surface area contributed by atoms with Crippen molar-refractivity contribution in [1.29, 1.82) is 0 Å². The maximum Gasteiger partial charge on any atom is 0.260 e. The van der Waals surface area contributed by atoms with E-state index in [2.05, 4.69) is 15.3 Å². The van der Waals surface area contributed by atoms with Crippen LogP contribution in [0.25, 0.3) is 11.0 Å². The third-order valence-corrected chi connectivity index (χ3v) is 3.89. The first-order valence-electron chi connectivity index (χ1n) is 7.30. The van der Waals surface area contributed by atoms with E-state index in [1.54, 1.807) is 30.5 Å². The molecule has 0 radical (unpaired) electrons. The summed E-state index contributed by atoms with van der Waals surface area (Å²) in [7, 11) is 1.52. The Bertz CT molecular complexity index is 777. The van der Waals surface area contributed by atoms with Crippen LogP contribution in [0.1, 0.15) is 12.8 Å². The molecule has 1 aliphatic rings. The highest BCUT2D eigenvalue weighted by Crippen LogP contribution is 2.26. The molecule has 0 saturated carbocycles.